The van der Waals surface area contributed by atoms with Crippen molar-refractivity contribution in [3.05, 3.63) is 18.0 Å². The van der Waals surface area contributed by atoms with Crippen molar-refractivity contribution >= 4 is 0 Å². The van der Waals surface area contributed by atoms with Crippen LogP contribution in [0.5, 0.6) is 0 Å². The Balaban J connectivity index is 2.22. The molecule has 1 aliphatic carbocycles. The van der Waals surface area contributed by atoms with Gasteiger partial charge in [0.1, 0.15) is 0 Å². The lowest BCUT2D eigenvalue weighted by atomic mass is 9.73. The molecule has 0 aromatic carbocycles. The van der Waals surface area contributed by atoms with Crippen molar-refractivity contribution in [2.45, 2.75) is 44.2 Å². The maximum Gasteiger partial charge on any atom is 0.0874 e. The van der Waals surface area contributed by atoms with Crippen LogP contribution in [-0.2, 0) is 11.8 Å². The number of nitrogens with zero attached hydrogens (tertiary/aromatic N) is 2. The first-order valence-electron chi connectivity index (χ1n) is 6.36. The van der Waals surface area contributed by atoms with Gasteiger partial charge in [0.15, 0.2) is 0 Å². The van der Waals surface area contributed by atoms with Crippen molar-refractivity contribution in [3.63, 3.8) is 0 Å². The van der Waals surface area contributed by atoms with E-state index in [0.717, 1.165) is 18.4 Å². The largest absolute Gasteiger partial charge is 0.376 e. The minimum absolute atomic E-state index is 0.0797. The number of hydrogen-bond acceptors (Lipinski definition) is 3. The van der Waals surface area contributed by atoms with Gasteiger partial charge in [-0.1, -0.05) is 19.8 Å². The molecule has 0 saturated heterocycles. The van der Waals surface area contributed by atoms with Gasteiger partial charge < -0.3 is 10.5 Å². The van der Waals surface area contributed by atoms with Crippen molar-refractivity contribution in [2.75, 3.05) is 7.11 Å². The third-order valence-electron chi connectivity index (χ3n) is 4.05. The molecular weight excluding hydrogens is 214 g/mol. The number of rotatable bonds is 3. The van der Waals surface area contributed by atoms with Gasteiger partial charge in [0.05, 0.1) is 17.8 Å². The molecule has 3 atom stereocenters. The number of methoxy groups -OCH3 is 1. The Hall–Kier alpha value is -0.870. The maximum absolute atomic E-state index is 6.41. The van der Waals surface area contributed by atoms with Gasteiger partial charge in [0, 0.05) is 25.9 Å². The monoisotopic (exact) mass is 237 g/mol. The summed E-state index contributed by atoms with van der Waals surface area (Å²) in [7, 11) is 3.70. The highest BCUT2D eigenvalue weighted by molar-refractivity contribution is 5.16. The molecule has 4 heteroatoms. The standard InChI is InChI=1S/C13H23N3O/c1-10-5-4-6-13(7-10,17-3)12(14)11-8-15-16(2)9-11/h8-10,12H,4-7,14H2,1-3H3. The molecule has 1 aromatic heterocycles. The van der Waals surface area contributed by atoms with Gasteiger partial charge in [-0.15, -0.1) is 0 Å². The Morgan fingerprint density at radius 3 is 2.94 bits per heavy atom. The number of ether oxygens (including phenoxy) is 1. The SMILES string of the molecule is COC1(C(N)c2cnn(C)c2)CCCC(C)C1. The van der Waals surface area contributed by atoms with E-state index in [1.165, 1.54) is 12.8 Å². The van der Waals surface area contributed by atoms with E-state index in [9.17, 15) is 0 Å². The van der Waals surface area contributed by atoms with E-state index in [0.29, 0.717) is 5.92 Å². The topological polar surface area (TPSA) is 53.1 Å². The molecule has 1 saturated carbocycles. The highest BCUT2D eigenvalue weighted by Gasteiger charge is 2.41. The average molecular weight is 237 g/mol. The highest BCUT2D eigenvalue weighted by atomic mass is 16.5. The van der Waals surface area contributed by atoms with E-state index in [1.807, 2.05) is 19.4 Å². The van der Waals surface area contributed by atoms with E-state index in [4.69, 9.17) is 10.5 Å². The van der Waals surface area contributed by atoms with Gasteiger partial charge >= 0.3 is 0 Å². The molecule has 1 aliphatic rings. The van der Waals surface area contributed by atoms with E-state index >= 15 is 0 Å². The first-order valence-corrected chi connectivity index (χ1v) is 6.36. The first-order chi connectivity index (χ1) is 8.07. The summed E-state index contributed by atoms with van der Waals surface area (Å²) in [6, 6.07) is -0.0797. The molecule has 3 unspecified atom stereocenters. The van der Waals surface area contributed by atoms with Crippen molar-refractivity contribution in [3.8, 4) is 0 Å². The van der Waals surface area contributed by atoms with Crippen molar-refractivity contribution in [2.24, 2.45) is 18.7 Å². The van der Waals surface area contributed by atoms with Gasteiger partial charge in [-0.25, -0.2) is 0 Å². The molecule has 0 bridgehead atoms. The normalized spacial score (nSPS) is 31.4. The van der Waals surface area contributed by atoms with Crippen LogP contribution in [0.3, 0.4) is 0 Å². The third-order valence-corrected chi connectivity index (χ3v) is 4.05. The van der Waals surface area contributed by atoms with Crippen LogP contribution in [0.25, 0.3) is 0 Å². The molecule has 0 amide bonds. The van der Waals surface area contributed by atoms with E-state index < -0.39 is 0 Å². The zero-order valence-electron chi connectivity index (χ0n) is 11.0. The minimum Gasteiger partial charge on any atom is -0.376 e. The molecule has 96 valence electrons. The lowest BCUT2D eigenvalue weighted by molar-refractivity contribution is -0.0718. The van der Waals surface area contributed by atoms with Gasteiger partial charge in [-0.2, -0.15) is 5.10 Å². The van der Waals surface area contributed by atoms with Crippen LogP contribution < -0.4 is 5.73 Å². The van der Waals surface area contributed by atoms with Gasteiger partial charge in [0.2, 0.25) is 0 Å². The second kappa shape index (κ2) is 4.78. The van der Waals surface area contributed by atoms with Crippen LogP contribution >= 0.6 is 0 Å². The zero-order valence-corrected chi connectivity index (χ0v) is 11.0. The number of hydrogen-bond donors (Lipinski definition) is 1. The molecule has 0 spiro atoms. The lowest BCUT2D eigenvalue weighted by Crippen LogP contribution is -2.46. The Bertz CT molecular complexity index is 376. The zero-order chi connectivity index (χ0) is 12.5. The number of nitrogens with two attached hydrogens (primary N) is 1. The fourth-order valence-electron chi connectivity index (χ4n) is 3.04. The predicted octanol–water partition coefficient (Wildman–Crippen LogP) is 2.02. The van der Waals surface area contributed by atoms with Crippen molar-refractivity contribution < 1.29 is 4.74 Å². The first kappa shape index (κ1) is 12.6. The van der Waals surface area contributed by atoms with Crippen LogP contribution in [0.15, 0.2) is 12.4 Å². The Morgan fingerprint density at radius 1 is 1.65 bits per heavy atom. The van der Waals surface area contributed by atoms with Gasteiger partial charge in [0.25, 0.3) is 0 Å². The number of aryl methyl sites for hydroxylation is 1. The Kier molecular flexibility index (Phi) is 3.54. The molecule has 4 nitrogen and oxygen atoms in total. The van der Waals surface area contributed by atoms with E-state index in [2.05, 4.69) is 12.0 Å². The summed E-state index contributed by atoms with van der Waals surface area (Å²) in [6.07, 6.45) is 8.41. The number of aromatic nitrogens is 2. The smallest absolute Gasteiger partial charge is 0.0874 e. The highest BCUT2D eigenvalue weighted by Crippen LogP contribution is 2.41. The summed E-state index contributed by atoms with van der Waals surface area (Å²) in [5.74, 6) is 0.687. The summed E-state index contributed by atoms with van der Waals surface area (Å²) in [5, 5.41) is 4.20. The van der Waals surface area contributed by atoms with Crippen LogP contribution in [0.2, 0.25) is 0 Å². The molecule has 17 heavy (non-hydrogen) atoms. The average Bonchev–Trinajstić information content (AvgIpc) is 2.74. The van der Waals surface area contributed by atoms with Crippen LogP contribution in [0.4, 0.5) is 0 Å². The second-order valence-electron chi connectivity index (χ2n) is 5.40. The third kappa shape index (κ3) is 2.38. The van der Waals surface area contributed by atoms with Crippen LogP contribution in [-0.4, -0.2) is 22.5 Å². The van der Waals surface area contributed by atoms with Gasteiger partial charge in [-0.3, -0.25) is 4.68 Å². The lowest BCUT2D eigenvalue weighted by Gasteiger charge is -2.42. The summed E-state index contributed by atoms with van der Waals surface area (Å²) >= 11 is 0. The molecule has 2 N–H and O–H groups in total. The maximum atomic E-state index is 6.41. The van der Waals surface area contributed by atoms with Gasteiger partial charge in [-0.05, 0) is 18.8 Å². The molecular formula is C13H23N3O. The molecule has 1 fully saturated rings. The van der Waals surface area contributed by atoms with Crippen molar-refractivity contribution in [1.29, 1.82) is 0 Å². The second-order valence-corrected chi connectivity index (χ2v) is 5.40. The van der Waals surface area contributed by atoms with E-state index in [-0.39, 0.29) is 11.6 Å². The van der Waals surface area contributed by atoms with Crippen LogP contribution in [0.1, 0.15) is 44.2 Å². The fraction of sp³-hybridized carbons (Fsp3) is 0.769. The molecule has 0 aliphatic heterocycles. The van der Waals surface area contributed by atoms with E-state index in [1.54, 1.807) is 11.8 Å². The molecule has 2 rings (SSSR count). The minimum atomic E-state index is -0.208. The fourth-order valence-corrected chi connectivity index (χ4v) is 3.04. The molecule has 0 radical (unpaired) electrons. The van der Waals surface area contributed by atoms with Crippen LogP contribution in [0, 0.1) is 5.92 Å². The van der Waals surface area contributed by atoms with Crippen molar-refractivity contribution in [1.82, 2.24) is 9.78 Å². The summed E-state index contributed by atoms with van der Waals surface area (Å²) in [6.45, 7) is 2.28. The summed E-state index contributed by atoms with van der Waals surface area (Å²) in [5.41, 5.74) is 7.28. The quantitative estimate of drug-likeness (QED) is 0.875. The Morgan fingerprint density at radius 2 is 2.41 bits per heavy atom. The molecule has 1 heterocycles. The Labute approximate surface area is 103 Å². The summed E-state index contributed by atoms with van der Waals surface area (Å²) in [4.78, 5) is 0. The predicted molar refractivity (Wildman–Crippen MR) is 67.5 cm³/mol. The summed E-state index contributed by atoms with van der Waals surface area (Å²) < 4.78 is 7.61. The molecule has 1 aromatic rings.